The van der Waals surface area contributed by atoms with E-state index < -0.39 is 90.4 Å². The molecule has 15 heteroatoms. The monoisotopic (exact) mass is 767 g/mol. The summed E-state index contributed by atoms with van der Waals surface area (Å²) < 4.78 is 0. The number of fused-ring (bicyclic) bond motifs is 3. The molecule has 0 saturated carbocycles. The maximum atomic E-state index is 11.8. The van der Waals surface area contributed by atoms with E-state index in [9.17, 15) is 61.3 Å². The summed E-state index contributed by atoms with van der Waals surface area (Å²) in [5.41, 5.74) is 1.32. The Balaban J connectivity index is 1.44. The van der Waals surface area contributed by atoms with Gasteiger partial charge in [-0.15, -0.1) is 0 Å². The van der Waals surface area contributed by atoms with Crippen LogP contribution in [-0.4, -0.2) is 76.2 Å². The van der Waals surface area contributed by atoms with Crippen LogP contribution >= 0.6 is 0 Å². The fraction of sp³-hybridized carbons (Fsp3) is 0.0238. The number of phenolic OH excluding ortho intramolecular Hbond substituents is 9. The van der Waals surface area contributed by atoms with E-state index in [1.165, 1.54) is 6.07 Å². The summed E-state index contributed by atoms with van der Waals surface area (Å²) in [5.74, 6) is -14.5. The first-order valence-corrected chi connectivity index (χ1v) is 16.9. The van der Waals surface area contributed by atoms with Crippen LogP contribution in [0.3, 0.4) is 0 Å². The second-order valence-electron chi connectivity index (χ2n) is 13.1. The van der Waals surface area contributed by atoms with Gasteiger partial charge in [0.15, 0.2) is 40.5 Å². The number of rotatable bonds is 6. The van der Waals surface area contributed by atoms with Gasteiger partial charge in [0, 0.05) is 44.0 Å². The summed E-state index contributed by atoms with van der Waals surface area (Å²) in [6.07, 6.45) is 0. The summed E-state index contributed by atoms with van der Waals surface area (Å²) in [7, 11) is 0. The lowest BCUT2D eigenvalue weighted by atomic mass is 9.87. The van der Waals surface area contributed by atoms with Crippen molar-refractivity contribution in [2.45, 2.75) is 5.97 Å². The summed E-state index contributed by atoms with van der Waals surface area (Å²) in [4.78, 5) is 14.0. The van der Waals surface area contributed by atoms with Gasteiger partial charge in [0.1, 0.15) is 5.75 Å². The minimum Gasteiger partial charge on any atom is -0.506 e. The predicted octanol–water partition coefficient (Wildman–Crippen LogP) is 5.95. The van der Waals surface area contributed by atoms with Gasteiger partial charge in [-0.2, -0.15) is 0 Å². The number of benzene rings is 7. The highest BCUT2D eigenvalue weighted by molar-refractivity contribution is 6.26. The SMILES string of the molecule is Oc1c(O)c(O)c2c(c1O)c(O)c(-c1cc(-c3nc(-c4ccccc4)nc(-c4ccc(-c5ccccc5)cc4)n3)cc(C(O)(O)O)c1)c1c(O)c(O)c(O)c(O)c12. The van der Waals surface area contributed by atoms with Crippen molar-refractivity contribution < 1.29 is 61.3 Å². The van der Waals surface area contributed by atoms with E-state index in [2.05, 4.69) is 9.97 Å². The van der Waals surface area contributed by atoms with Gasteiger partial charge in [0.05, 0.1) is 5.39 Å². The van der Waals surface area contributed by atoms with Gasteiger partial charge < -0.3 is 61.3 Å². The summed E-state index contributed by atoms with van der Waals surface area (Å²) >= 11 is 0. The molecule has 8 aromatic rings. The largest absolute Gasteiger partial charge is 0.506 e. The molecule has 12 N–H and O–H groups in total. The Hall–Kier alpha value is -7.85. The Morgan fingerprint density at radius 1 is 0.316 bits per heavy atom. The summed E-state index contributed by atoms with van der Waals surface area (Å²) in [5, 5.41) is 126. The van der Waals surface area contributed by atoms with E-state index in [4.69, 9.17) is 4.98 Å². The number of aromatic nitrogens is 3. The molecular formula is C42H29N3O12. The lowest BCUT2D eigenvalue weighted by molar-refractivity contribution is -0.323. The molecule has 0 fully saturated rings. The molecule has 0 aliphatic rings. The molecule has 0 aliphatic carbocycles. The first-order valence-electron chi connectivity index (χ1n) is 16.9. The second-order valence-corrected chi connectivity index (χ2v) is 13.1. The molecule has 1 heterocycles. The van der Waals surface area contributed by atoms with Gasteiger partial charge in [-0.1, -0.05) is 84.9 Å². The number of phenols is 9. The number of aliphatic hydroxyl groups is 3. The quantitative estimate of drug-likeness (QED) is 0.0403. The van der Waals surface area contributed by atoms with Crippen LogP contribution in [0.15, 0.2) is 103 Å². The molecule has 1 aromatic heterocycles. The van der Waals surface area contributed by atoms with Crippen molar-refractivity contribution in [1.29, 1.82) is 0 Å². The van der Waals surface area contributed by atoms with E-state index in [0.717, 1.165) is 23.3 Å². The van der Waals surface area contributed by atoms with Gasteiger partial charge in [0.25, 0.3) is 0 Å². The molecule has 0 amide bonds. The third-order valence-corrected chi connectivity index (χ3v) is 9.55. The molecule has 0 unspecified atom stereocenters. The van der Waals surface area contributed by atoms with Crippen molar-refractivity contribution >= 4 is 21.5 Å². The Morgan fingerprint density at radius 2 is 0.684 bits per heavy atom. The van der Waals surface area contributed by atoms with Crippen molar-refractivity contribution in [3.63, 3.8) is 0 Å². The Morgan fingerprint density at radius 3 is 1.19 bits per heavy atom. The fourth-order valence-corrected chi connectivity index (χ4v) is 6.77. The normalized spacial score (nSPS) is 11.7. The summed E-state index contributed by atoms with van der Waals surface area (Å²) in [6.45, 7) is 0. The highest BCUT2D eigenvalue weighted by Gasteiger charge is 2.33. The Bertz CT molecular complexity index is 2920. The third-order valence-electron chi connectivity index (χ3n) is 9.55. The van der Waals surface area contributed by atoms with Crippen molar-refractivity contribution in [3.8, 4) is 108 Å². The van der Waals surface area contributed by atoms with Gasteiger partial charge >= 0.3 is 5.97 Å². The molecule has 284 valence electrons. The summed E-state index contributed by atoms with van der Waals surface area (Å²) in [6, 6.07) is 29.0. The number of nitrogens with zero attached hydrogens (tertiary/aromatic N) is 3. The van der Waals surface area contributed by atoms with Crippen LogP contribution in [0.1, 0.15) is 5.56 Å². The molecule has 7 aromatic carbocycles. The molecule has 8 rings (SSSR count). The lowest BCUT2D eigenvalue weighted by Crippen LogP contribution is -2.23. The minimum absolute atomic E-state index is 0.0641. The number of hydrogen-bond acceptors (Lipinski definition) is 15. The third kappa shape index (κ3) is 5.87. The van der Waals surface area contributed by atoms with E-state index in [1.807, 2.05) is 42.5 Å². The van der Waals surface area contributed by atoms with Gasteiger partial charge in [-0.05, 0) is 34.9 Å². The van der Waals surface area contributed by atoms with Crippen LogP contribution in [0.25, 0.3) is 78.0 Å². The molecule has 0 spiro atoms. The zero-order valence-corrected chi connectivity index (χ0v) is 29.0. The van der Waals surface area contributed by atoms with Crippen LogP contribution in [-0.2, 0) is 5.97 Å². The Labute approximate surface area is 320 Å². The van der Waals surface area contributed by atoms with Crippen LogP contribution in [0.4, 0.5) is 0 Å². The number of aromatic hydroxyl groups is 9. The maximum Gasteiger partial charge on any atom is 0.304 e. The van der Waals surface area contributed by atoms with Crippen LogP contribution in [0.2, 0.25) is 0 Å². The highest BCUT2D eigenvalue weighted by Crippen LogP contribution is 2.62. The van der Waals surface area contributed by atoms with Crippen LogP contribution in [0, 0.1) is 0 Å². The van der Waals surface area contributed by atoms with E-state index in [1.54, 1.807) is 42.5 Å². The zero-order chi connectivity index (χ0) is 40.5. The predicted molar refractivity (Wildman–Crippen MR) is 205 cm³/mol. The Kier molecular flexibility index (Phi) is 8.35. The number of hydrogen-bond donors (Lipinski definition) is 12. The molecule has 0 saturated heterocycles. The zero-order valence-electron chi connectivity index (χ0n) is 29.0. The van der Waals surface area contributed by atoms with Crippen molar-refractivity contribution in [1.82, 2.24) is 15.0 Å². The molecule has 0 aliphatic heterocycles. The molecule has 0 bridgehead atoms. The molecular weight excluding hydrogens is 738 g/mol. The first kappa shape index (κ1) is 36.1. The van der Waals surface area contributed by atoms with Crippen molar-refractivity contribution in [3.05, 3.63) is 109 Å². The lowest BCUT2D eigenvalue weighted by Gasteiger charge is -2.21. The molecule has 0 radical (unpaired) electrons. The van der Waals surface area contributed by atoms with Crippen LogP contribution in [0.5, 0.6) is 51.7 Å². The molecule has 15 nitrogen and oxygen atoms in total. The smallest absolute Gasteiger partial charge is 0.304 e. The average Bonchev–Trinajstić information content (AvgIpc) is 3.23. The van der Waals surface area contributed by atoms with Gasteiger partial charge in [0.2, 0.25) is 23.0 Å². The van der Waals surface area contributed by atoms with E-state index in [0.29, 0.717) is 11.1 Å². The second kappa shape index (κ2) is 13.2. The van der Waals surface area contributed by atoms with Crippen molar-refractivity contribution in [2.75, 3.05) is 0 Å². The van der Waals surface area contributed by atoms with Crippen LogP contribution < -0.4 is 0 Å². The average molecular weight is 768 g/mol. The van der Waals surface area contributed by atoms with Gasteiger partial charge in [-0.25, -0.2) is 15.0 Å². The van der Waals surface area contributed by atoms with Gasteiger partial charge in [-0.3, -0.25) is 0 Å². The topological polar surface area (TPSA) is 281 Å². The van der Waals surface area contributed by atoms with Crippen molar-refractivity contribution in [2.24, 2.45) is 0 Å². The molecule has 57 heavy (non-hydrogen) atoms. The minimum atomic E-state index is -3.58. The highest BCUT2D eigenvalue weighted by atomic mass is 16.7. The van der Waals surface area contributed by atoms with E-state index in [-0.39, 0.29) is 28.6 Å². The molecule has 0 atom stereocenters. The first-order chi connectivity index (χ1) is 27.1. The fourth-order valence-electron chi connectivity index (χ4n) is 6.77. The maximum absolute atomic E-state index is 11.8. The standard InChI is InChI=1S/C42H29N3O12/c46-30-25(26-27(32(48)36(52)35(51)31(26)47)28-29(30)34(50)38(54)37(53)33(28)49)22-15-23(17-24(16-22)42(55,56)57)41-44-39(20-9-5-2-6-10-20)43-40(45-41)21-13-11-19(12-14-21)18-7-3-1-4-8-18/h1-17,46-57H. The van der Waals surface area contributed by atoms with E-state index >= 15 is 0 Å².